The van der Waals surface area contributed by atoms with E-state index in [-0.39, 0.29) is 0 Å². The average Bonchev–Trinajstić information content (AvgIpc) is 2.56. The number of nitrogens with zero attached hydrogens (tertiary/aromatic N) is 1. The first kappa shape index (κ1) is 7.01. The number of hydrogen-bond donors (Lipinski definition) is 1. The van der Waals surface area contributed by atoms with E-state index in [1.54, 1.807) is 0 Å². The second kappa shape index (κ2) is 2.52. The third-order valence-corrected chi connectivity index (χ3v) is 2.65. The fourth-order valence-corrected chi connectivity index (χ4v) is 2.02. The van der Waals surface area contributed by atoms with Crippen molar-refractivity contribution in [3.8, 4) is 0 Å². The van der Waals surface area contributed by atoms with Gasteiger partial charge in [0.2, 0.25) is 0 Å². The second-order valence-electron chi connectivity index (χ2n) is 3.48. The van der Waals surface area contributed by atoms with Crippen molar-refractivity contribution >= 4 is 16.7 Å². The maximum atomic E-state index is 4.47. The van der Waals surface area contributed by atoms with E-state index in [1.165, 1.54) is 29.3 Å². The second-order valence-corrected chi connectivity index (χ2v) is 3.48. The highest BCUT2D eigenvalue weighted by Gasteiger charge is 2.14. The van der Waals surface area contributed by atoms with Crippen LogP contribution >= 0.6 is 0 Å². The minimum Gasteiger partial charge on any atom is -0.340 e. The Hall–Kier alpha value is -1.44. The third-order valence-electron chi connectivity index (χ3n) is 2.65. The highest BCUT2D eigenvalue weighted by atomic mass is 15.0. The molecule has 2 aromatic rings. The number of aromatic nitrogens is 1. The van der Waals surface area contributed by atoms with Crippen LogP contribution in [0.25, 0.3) is 10.9 Å². The molecule has 0 aliphatic carbocycles. The van der Waals surface area contributed by atoms with Gasteiger partial charge in [-0.15, -0.1) is 0 Å². The van der Waals surface area contributed by atoms with Crippen LogP contribution in [-0.4, -0.2) is 11.5 Å². The number of hydrogen-bond acceptors (Lipinski definition) is 0. The summed E-state index contributed by atoms with van der Waals surface area (Å²) in [6, 6.07) is 8.43. The van der Waals surface area contributed by atoms with Gasteiger partial charge in [-0.05, 0) is 18.9 Å². The minimum atomic E-state index is 0.972. The van der Waals surface area contributed by atoms with E-state index >= 15 is 0 Å². The zero-order valence-corrected chi connectivity index (χ0v) is 7.38. The molecule has 2 nitrogen and oxygen atoms in total. The summed E-state index contributed by atoms with van der Waals surface area (Å²) < 4.78 is 0. The number of aryl methyl sites for hydroxylation is 1. The predicted octanol–water partition coefficient (Wildman–Crippen LogP) is 2.35. The fourth-order valence-electron chi connectivity index (χ4n) is 2.02. The first-order chi connectivity index (χ1) is 6.45. The topological polar surface area (TPSA) is 29.9 Å². The average molecular weight is 171 g/mol. The summed E-state index contributed by atoms with van der Waals surface area (Å²) in [5.41, 5.74) is 2.63. The Morgan fingerprint density at radius 2 is 2.15 bits per heavy atom. The maximum Gasteiger partial charge on any atom is 0.129 e. The molecule has 1 aliphatic heterocycles. The molecule has 0 atom stereocenters. The molecular formula is C11H11N2. The van der Waals surface area contributed by atoms with Crippen LogP contribution in [0.5, 0.6) is 0 Å². The van der Waals surface area contributed by atoms with Crippen molar-refractivity contribution in [2.24, 2.45) is 0 Å². The summed E-state index contributed by atoms with van der Waals surface area (Å²) in [5, 5.41) is 5.82. The van der Waals surface area contributed by atoms with Crippen molar-refractivity contribution in [2.45, 2.75) is 12.8 Å². The summed E-state index contributed by atoms with van der Waals surface area (Å²) in [4.78, 5) is 3.35. The zero-order valence-electron chi connectivity index (χ0n) is 7.38. The molecule has 0 unspecified atom stereocenters. The summed E-state index contributed by atoms with van der Waals surface area (Å²) in [5.74, 6) is 1.10. The van der Waals surface area contributed by atoms with Crippen LogP contribution in [-0.2, 0) is 6.42 Å². The first-order valence-electron chi connectivity index (χ1n) is 4.72. The van der Waals surface area contributed by atoms with Crippen LogP contribution in [0.3, 0.4) is 0 Å². The van der Waals surface area contributed by atoms with Gasteiger partial charge in [0.05, 0.1) is 0 Å². The van der Waals surface area contributed by atoms with E-state index in [2.05, 4.69) is 34.6 Å². The number of benzene rings is 1. The molecule has 1 aromatic carbocycles. The molecule has 1 N–H and O–H groups in total. The summed E-state index contributed by atoms with van der Waals surface area (Å²) in [6.07, 6.45) is 2.36. The van der Waals surface area contributed by atoms with E-state index in [9.17, 15) is 0 Å². The highest BCUT2D eigenvalue weighted by molar-refractivity contribution is 5.88. The van der Waals surface area contributed by atoms with Gasteiger partial charge in [-0.1, -0.05) is 18.2 Å². The van der Waals surface area contributed by atoms with E-state index in [0.717, 1.165) is 12.4 Å². The molecule has 0 saturated carbocycles. The lowest BCUT2D eigenvalue weighted by molar-refractivity contribution is 0.700. The lowest BCUT2D eigenvalue weighted by atomic mass is 10.1. The summed E-state index contributed by atoms with van der Waals surface area (Å²) in [7, 11) is 0. The van der Waals surface area contributed by atoms with Gasteiger partial charge in [-0.25, -0.2) is 0 Å². The van der Waals surface area contributed by atoms with E-state index in [0.29, 0.717) is 0 Å². The van der Waals surface area contributed by atoms with Crippen molar-refractivity contribution in [1.29, 1.82) is 0 Å². The van der Waals surface area contributed by atoms with Crippen LogP contribution in [0, 0.1) is 0 Å². The molecule has 1 radical (unpaired) electrons. The van der Waals surface area contributed by atoms with E-state index in [1.807, 2.05) is 0 Å². The molecule has 2 heterocycles. The summed E-state index contributed by atoms with van der Waals surface area (Å²) >= 11 is 0. The molecule has 1 aromatic heterocycles. The number of fused-ring (bicyclic) bond motifs is 3. The number of H-pyrrole nitrogens is 1. The van der Waals surface area contributed by atoms with Crippen LogP contribution in [0.15, 0.2) is 24.3 Å². The predicted molar refractivity (Wildman–Crippen MR) is 53.3 cm³/mol. The minimum absolute atomic E-state index is 0.972. The maximum absolute atomic E-state index is 4.47. The third kappa shape index (κ3) is 0.949. The SMILES string of the molecule is c1ccc2c3c([nH]c2c1)[N]CCC3. The van der Waals surface area contributed by atoms with Gasteiger partial charge in [-0.3, -0.25) is 5.32 Å². The van der Waals surface area contributed by atoms with E-state index < -0.39 is 0 Å². The molecule has 0 fully saturated rings. The fraction of sp³-hybridized carbons (Fsp3) is 0.273. The molecule has 2 heteroatoms. The van der Waals surface area contributed by atoms with Crippen molar-refractivity contribution in [2.75, 3.05) is 6.54 Å². The standard InChI is InChI=1S/C11H11N2/c1-2-6-10-8(4-1)9-5-3-7-12-11(9)13-10/h1-2,4,6,13H,3,5,7H2. The van der Waals surface area contributed by atoms with Crippen LogP contribution in [0.1, 0.15) is 12.0 Å². The number of nitrogens with one attached hydrogen (secondary N) is 1. The first-order valence-corrected chi connectivity index (χ1v) is 4.72. The largest absolute Gasteiger partial charge is 0.340 e. The lowest BCUT2D eigenvalue weighted by Crippen LogP contribution is -2.09. The van der Waals surface area contributed by atoms with Crippen LogP contribution in [0.2, 0.25) is 0 Å². The number of rotatable bonds is 0. The normalized spacial score (nSPS) is 15.4. The molecule has 65 valence electrons. The van der Waals surface area contributed by atoms with Crippen LogP contribution < -0.4 is 5.32 Å². The molecule has 0 amide bonds. The van der Waals surface area contributed by atoms with Gasteiger partial charge in [0.25, 0.3) is 0 Å². The van der Waals surface area contributed by atoms with Crippen molar-refractivity contribution < 1.29 is 0 Å². The Balaban J connectivity index is 2.34. The van der Waals surface area contributed by atoms with Gasteiger partial charge in [0.1, 0.15) is 5.82 Å². The Labute approximate surface area is 77.0 Å². The quantitative estimate of drug-likeness (QED) is 0.630. The highest BCUT2D eigenvalue weighted by Crippen LogP contribution is 2.29. The zero-order chi connectivity index (χ0) is 8.67. The monoisotopic (exact) mass is 171 g/mol. The van der Waals surface area contributed by atoms with Gasteiger partial charge >= 0.3 is 0 Å². The molecule has 0 spiro atoms. The summed E-state index contributed by atoms with van der Waals surface area (Å²) in [6.45, 7) is 0.972. The lowest BCUT2D eigenvalue weighted by Gasteiger charge is -2.10. The Bertz CT molecular complexity index is 442. The smallest absolute Gasteiger partial charge is 0.129 e. The number of aromatic amines is 1. The van der Waals surface area contributed by atoms with Gasteiger partial charge in [0, 0.05) is 23.0 Å². The van der Waals surface area contributed by atoms with Gasteiger partial charge in [0.15, 0.2) is 0 Å². The number of para-hydroxylation sites is 1. The Morgan fingerprint density at radius 1 is 1.23 bits per heavy atom. The Kier molecular flexibility index (Phi) is 1.36. The van der Waals surface area contributed by atoms with Gasteiger partial charge in [-0.2, -0.15) is 0 Å². The van der Waals surface area contributed by atoms with Crippen molar-refractivity contribution in [3.05, 3.63) is 29.8 Å². The molecule has 13 heavy (non-hydrogen) atoms. The molecule has 1 aliphatic rings. The molecule has 0 saturated heterocycles. The molecular weight excluding hydrogens is 160 g/mol. The van der Waals surface area contributed by atoms with Gasteiger partial charge < -0.3 is 4.98 Å². The Morgan fingerprint density at radius 3 is 3.15 bits per heavy atom. The van der Waals surface area contributed by atoms with Crippen molar-refractivity contribution in [1.82, 2.24) is 10.3 Å². The van der Waals surface area contributed by atoms with Crippen LogP contribution in [0.4, 0.5) is 5.82 Å². The molecule has 0 bridgehead atoms. The van der Waals surface area contributed by atoms with E-state index in [4.69, 9.17) is 0 Å². The van der Waals surface area contributed by atoms with Crippen molar-refractivity contribution in [3.63, 3.8) is 0 Å². The molecule has 3 rings (SSSR count).